The Kier molecular flexibility index (Phi) is 3.82. The van der Waals surface area contributed by atoms with Gasteiger partial charge in [0, 0.05) is 31.5 Å². The molecule has 1 saturated heterocycles. The van der Waals surface area contributed by atoms with Crippen LogP contribution >= 0.6 is 35.4 Å². The summed E-state index contributed by atoms with van der Waals surface area (Å²) >= 11 is 17.8. The Morgan fingerprint density at radius 2 is 2.14 bits per heavy atom. The number of nitrogens with zero attached hydrogens (tertiary/aromatic N) is 3. The van der Waals surface area contributed by atoms with E-state index in [9.17, 15) is 5.11 Å². The molecule has 0 radical (unpaired) electrons. The highest BCUT2D eigenvalue weighted by molar-refractivity contribution is 7.80. The highest BCUT2D eigenvalue weighted by Gasteiger charge is 2.33. The van der Waals surface area contributed by atoms with Gasteiger partial charge in [-0.1, -0.05) is 35.4 Å². The van der Waals surface area contributed by atoms with Crippen molar-refractivity contribution in [2.75, 3.05) is 11.4 Å². The summed E-state index contributed by atoms with van der Waals surface area (Å²) in [5, 5.41) is 11.0. The fraction of sp³-hybridized carbons (Fsp3) is 0.286. The zero-order valence-corrected chi connectivity index (χ0v) is 13.6. The second kappa shape index (κ2) is 5.48. The van der Waals surface area contributed by atoms with Gasteiger partial charge in [0.1, 0.15) is 11.6 Å². The molecule has 1 fully saturated rings. The third-order valence-corrected chi connectivity index (χ3v) is 4.92. The van der Waals surface area contributed by atoms with Gasteiger partial charge in [-0.2, -0.15) is 0 Å². The number of thiocarbonyl (C=S) groups is 1. The van der Waals surface area contributed by atoms with Crippen LogP contribution in [-0.4, -0.2) is 26.2 Å². The molecule has 1 aliphatic heterocycles. The maximum Gasteiger partial charge on any atom is 0.133 e. The van der Waals surface area contributed by atoms with Gasteiger partial charge in [0.25, 0.3) is 0 Å². The van der Waals surface area contributed by atoms with Crippen molar-refractivity contribution < 1.29 is 5.11 Å². The molecule has 3 rings (SSSR count). The Bertz CT molecular complexity index is 716. The first-order chi connectivity index (χ1) is 9.99. The van der Waals surface area contributed by atoms with E-state index in [4.69, 9.17) is 35.4 Å². The molecule has 4 nitrogen and oxygen atoms in total. The number of rotatable bonds is 2. The third kappa shape index (κ3) is 2.50. The second-order valence-electron chi connectivity index (χ2n) is 5.06. The van der Waals surface area contributed by atoms with Gasteiger partial charge in [0.2, 0.25) is 0 Å². The van der Waals surface area contributed by atoms with Crippen LogP contribution in [0.3, 0.4) is 0 Å². The van der Waals surface area contributed by atoms with Crippen LogP contribution in [0.15, 0.2) is 24.7 Å². The number of anilines is 1. The van der Waals surface area contributed by atoms with E-state index in [0.717, 1.165) is 10.8 Å². The van der Waals surface area contributed by atoms with E-state index < -0.39 is 0 Å². The van der Waals surface area contributed by atoms with Crippen LogP contribution < -0.4 is 4.90 Å². The van der Waals surface area contributed by atoms with Crippen LogP contribution in [0.5, 0.6) is 5.75 Å². The summed E-state index contributed by atoms with van der Waals surface area (Å²) in [6, 6.07) is 3.16. The molecule has 21 heavy (non-hydrogen) atoms. The van der Waals surface area contributed by atoms with Gasteiger partial charge in [-0.05, 0) is 12.1 Å². The lowest BCUT2D eigenvalue weighted by Gasteiger charge is -2.19. The fourth-order valence-corrected chi connectivity index (χ4v) is 3.53. The van der Waals surface area contributed by atoms with Gasteiger partial charge < -0.3 is 14.6 Å². The molecule has 0 aliphatic carbocycles. The summed E-state index contributed by atoms with van der Waals surface area (Å²) in [4.78, 5) is 6.94. The number of halogens is 2. The van der Waals surface area contributed by atoms with Crippen molar-refractivity contribution in [3.63, 3.8) is 0 Å². The SMILES string of the molecule is Cn1cncc1N1CC(c2c(O)ccc(Cl)c2Cl)CC1=S. The molecular formula is C14H13Cl2N3OS. The summed E-state index contributed by atoms with van der Waals surface area (Å²) < 4.78 is 1.91. The predicted molar refractivity (Wildman–Crippen MR) is 88.6 cm³/mol. The molecule has 2 heterocycles. The largest absolute Gasteiger partial charge is 0.508 e. The van der Waals surface area contributed by atoms with Crippen molar-refractivity contribution >= 4 is 46.2 Å². The first-order valence-corrected chi connectivity index (χ1v) is 7.59. The van der Waals surface area contributed by atoms with Crippen molar-refractivity contribution in [3.05, 3.63) is 40.3 Å². The molecule has 1 aliphatic rings. The number of aromatic nitrogens is 2. The Labute approximate surface area is 137 Å². The highest BCUT2D eigenvalue weighted by Crippen LogP contribution is 2.42. The van der Waals surface area contributed by atoms with Crippen LogP contribution in [0.2, 0.25) is 10.0 Å². The Hall–Kier alpha value is -1.30. The molecule has 2 aromatic rings. The fourth-order valence-electron chi connectivity index (χ4n) is 2.68. The smallest absolute Gasteiger partial charge is 0.133 e. The van der Waals surface area contributed by atoms with Crippen molar-refractivity contribution in [3.8, 4) is 5.75 Å². The van der Waals surface area contributed by atoms with Crippen molar-refractivity contribution in [2.45, 2.75) is 12.3 Å². The van der Waals surface area contributed by atoms with Crippen molar-refractivity contribution in [1.29, 1.82) is 0 Å². The number of aryl methyl sites for hydroxylation is 1. The standard InChI is InChI=1S/C14H13Cl2N3OS/c1-18-7-17-5-11(18)19-6-8(4-12(19)21)13-10(20)3-2-9(15)14(13)16/h2-3,5,7-8,20H,4,6H2,1H3. The number of phenolic OH excluding ortho intramolecular Hbond substituents is 1. The minimum atomic E-state index is 0.0126. The lowest BCUT2D eigenvalue weighted by Crippen LogP contribution is -2.25. The van der Waals surface area contributed by atoms with Crippen LogP contribution in [0.4, 0.5) is 5.82 Å². The molecule has 110 valence electrons. The van der Waals surface area contributed by atoms with E-state index in [1.165, 1.54) is 0 Å². The summed E-state index contributed by atoms with van der Waals surface area (Å²) in [5.41, 5.74) is 0.663. The van der Waals surface area contributed by atoms with E-state index in [1.54, 1.807) is 24.7 Å². The summed E-state index contributed by atoms with van der Waals surface area (Å²) in [6.45, 7) is 0.645. The maximum atomic E-state index is 10.1. The predicted octanol–water partition coefficient (Wildman–Crippen LogP) is 3.75. The Morgan fingerprint density at radius 3 is 2.81 bits per heavy atom. The molecule has 0 amide bonds. The maximum absolute atomic E-state index is 10.1. The van der Waals surface area contributed by atoms with Crippen molar-refractivity contribution in [1.82, 2.24) is 9.55 Å². The lowest BCUT2D eigenvalue weighted by atomic mass is 9.97. The van der Waals surface area contributed by atoms with Gasteiger partial charge in [0.15, 0.2) is 0 Å². The molecule has 0 saturated carbocycles. The molecular weight excluding hydrogens is 329 g/mol. The van der Waals surface area contributed by atoms with E-state index >= 15 is 0 Å². The average molecular weight is 342 g/mol. The summed E-state index contributed by atoms with van der Waals surface area (Å²) in [6.07, 6.45) is 4.15. The minimum absolute atomic E-state index is 0.0126. The van der Waals surface area contributed by atoms with E-state index in [1.807, 2.05) is 16.5 Å². The van der Waals surface area contributed by atoms with Crippen LogP contribution in [-0.2, 0) is 7.05 Å². The Balaban J connectivity index is 1.96. The molecule has 1 aromatic heterocycles. The van der Waals surface area contributed by atoms with Crippen LogP contribution in [0.25, 0.3) is 0 Å². The number of hydrogen-bond donors (Lipinski definition) is 1. The first kappa shape index (κ1) is 14.6. The van der Waals surface area contributed by atoms with Crippen LogP contribution in [0, 0.1) is 0 Å². The lowest BCUT2D eigenvalue weighted by molar-refractivity contribution is 0.463. The first-order valence-electron chi connectivity index (χ1n) is 6.42. The number of benzene rings is 1. The molecule has 1 unspecified atom stereocenters. The second-order valence-corrected chi connectivity index (χ2v) is 6.32. The highest BCUT2D eigenvalue weighted by atomic mass is 35.5. The molecule has 7 heteroatoms. The monoisotopic (exact) mass is 341 g/mol. The minimum Gasteiger partial charge on any atom is -0.508 e. The van der Waals surface area contributed by atoms with Gasteiger partial charge in [-0.25, -0.2) is 4.98 Å². The third-order valence-electron chi connectivity index (χ3n) is 3.71. The van der Waals surface area contributed by atoms with Gasteiger partial charge in [-0.3, -0.25) is 0 Å². The van der Waals surface area contributed by atoms with Crippen molar-refractivity contribution in [2.24, 2.45) is 7.05 Å². The number of hydrogen-bond acceptors (Lipinski definition) is 3. The normalized spacial score (nSPS) is 18.5. The van der Waals surface area contributed by atoms with E-state index in [-0.39, 0.29) is 11.7 Å². The number of aromatic hydroxyl groups is 1. The molecule has 0 spiro atoms. The quantitative estimate of drug-likeness (QED) is 0.844. The van der Waals surface area contributed by atoms with Gasteiger partial charge >= 0.3 is 0 Å². The van der Waals surface area contributed by atoms with E-state index in [2.05, 4.69) is 4.98 Å². The van der Waals surface area contributed by atoms with E-state index in [0.29, 0.717) is 28.6 Å². The average Bonchev–Trinajstić information content (AvgIpc) is 3.01. The van der Waals surface area contributed by atoms with Gasteiger partial charge in [-0.15, -0.1) is 0 Å². The zero-order chi connectivity index (χ0) is 15.1. The molecule has 1 atom stereocenters. The molecule has 0 bridgehead atoms. The molecule has 1 N–H and O–H groups in total. The van der Waals surface area contributed by atoms with Gasteiger partial charge in [0.05, 0.1) is 27.6 Å². The van der Waals surface area contributed by atoms with Crippen LogP contribution in [0.1, 0.15) is 17.9 Å². The number of imidazole rings is 1. The zero-order valence-electron chi connectivity index (χ0n) is 11.3. The summed E-state index contributed by atoms with van der Waals surface area (Å²) in [7, 11) is 1.92. The number of phenols is 1. The summed E-state index contributed by atoms with van der Waals surface area (Å²) in [5.74, 6) is 1.10. The topological polar surface area (TPSA) is 41.3 Å². The molecule has 1 aromatic carbocycles. The Morgan fingerprint density at radius 1 is 1.38 bits per heavy atom.